The maximum absolute atomic E-state index is 6.25. The van der Waals surface area contributed by atoms with Gasteiger partial charge in [-0.2, -0.15) is 0 Å². The van der Waals surface area contributed by atoms with Crippen LogP contribution in [-0.2, 0) is 6.54 Å². The zero-order valence-corrected chi connectivity index (χ0v) is 13.3. The molecule has 0 radical (unpaired) electrons. The van der Waals surface area contributed by atoms with Gasteiger partial charge in [0.1, 0.15) is 5.04 Å². The number of ether oxygens (including phenoxy) is 2. The van der Waals surface area contributed by atoms with E-state index in [1.165, 1.54) is 0 Å². The van der Waals surface area contributed by atoms with E-state index < -0.39 is 0 Å². The van der Waals surface area contributed by atoms with Gasteiger partial charge in [0.15, 0.2) is 11.5 Å². The van der Waals surface area contributed by atoms with E-state index in [0.717, 1.165) is 32.6 Å². The number of thioether (sulfide) groups is 1. The summed E-state index contributed by atoms with van der Waals surface area (Å²) in [4.78, 5) is 5.75. The molecule has 0 aromatic heterocycles. The smallest absolute Gasteiger partial charge is 0.161 e. The summed E-state index contributed by atoms with van der Waals surface area (Å²) in [5.74, 6) is 1.46. The summed E-state index contributed by atoms with van der Waals surface area (Å²) in [6.45, 7) is 0.614. The summed E-state index contributed by atoms with van der Waals surface area (Å²) < 4.78 is 10.7. The van der Waals surface area contributed by atoms with Gasteiger partial charge in [-0.05, 0) is 23.8 Å². The van der Waals surface area contributed by atoms with Crippen molar-refractivity contribution in [2.45, 2.75) is 11.4 Å². The molecule has 108 valence electrons. The molecule has 1 aliphatic heterocycles. The largest absolute Gasteiger partial charge is 0.493 e. The van der Waals surface area contributed by atoms with Gasteiger partial charge in [0.2, 0.25) is 0 Å². The highest BCUT2D eigenvalue weighted by Crippen LogP contribution is 2.40. The molecule has 2 aromatic rings. The normalized spacial score (nSPS) is 13.4. The van der Waals surface area contributed by atoms with Crippen LogP contribution in [0.2, 0.25) is 5.02 Å². The molecule has 0 saturated heterocycles. The summed E-state index contributed by atoms with van der Waals surface area (Å²) in [6, 6.07) is 11.7. The van der Waals surface area contributed by atoms with Crippen LogP contribution in [0.4, 0.5) is 0 Å². The Hall–Kier alpha value is -1.65. The maximum atomic E-state index is 6.25. The first-order chi connectivity index (χ1) is 10.2. The monoisotopic (exact) mass is 319 g/mol. The molecule has 3 nitrogen and oxygen atoms in total. The van der Waals surface area contributed by atoms with Crippen molar-refractivity contribution in [2.75, 3.05) is 14.2 Å². The average molecular weight is 320 g/mol. The Morgan fingerprint density at radius 3 is 2.52 bits per heavy atom. The Kier molecular flexibility index (Phi) is 4.08. The van der Waals surface area contributed by atoms with Gasteiger partial charge in [-0.15, -0.1) is 0 Å². The molecule has 0 spiro atoms. The molecule has 0 amide bonds. The lowest BCUT2D eigenvalue weighted by molar-refractivity contribution is 0.353. The summed E-state index contributed by atoms with van der Waals surface area (Å²) in [5.41, 5.74) is 2.10. The van der Waals surface area contributed by atoms with Gasteiger partial charge in [0.25, 0.3) is 0 Å². The van der Waals surface area contributed by atoms with Crippen molar-refractivity contribution in [2.24, 2.45) is 4.99 Å². The predicted octanol–water partition coefficient (Wildman–Crippen LogP) is 4.41. The first kappa shape index (κ1) is 14.3. The van der Waals surface area contributed by atoms with E-state index >= 15 is 0 Å². The SMILES string of the molecule is COc1cc2c(cc1OC)SC(c1ccccc1Cl)=NC2. The third-order valence-corrected chi connectivity index (χ3v) is 4.74. The fraction of sp³-hybridized carbons (Fsp3) is 0.188. The summed E-state index contributed by atoms with van der Waals surface area (Å²) in [7, 11) is 3.28. The molecule has 2 aromatic carbocycles. The molecule has 3 rings (SSSR count). The second kappa shape index (κ2) is 6.00. The number of nitrogens with zero attached hydrogens (tertiary/aromatic N) is 1. The molecule has 5 heteroatoms. The van der Waals surface area contributed by atoms with E-state index in [2.05, 4.69) is 4.99 Å². The molecule has 0 atom stereocenters. The lowest BCUT2D eigenvalue weighted by Crippen LogP contribution is -2.05. The summed E-state index contributed by atoms with van der Waals surface area (Å²) in [5, 5.41) is 1.65. The van der Waals surface area contributed by atoms with Crippen LogP contribution in [0.1, 0.15) is 11.1 Å². The van der Waals surface area contributed by atoms with Crippen molar-refractivity contribution in [1.82, 2.24) is 0 Å². The molecule has 0 N–H and O–H groups in total. The fourth-order valence-corrected chi connectivity index (χ4v) is 3.52. The predicted molar refractivity (Wildman–Crippen MR) is 87.1 cm³/mol. The van der Waals surface area contributed by atoms with Crippen LogP contribution in [0, 0.1) is 0 Å². The van der Waals surface area contributed by atoms with E-state index in [1.54, 1.807) is 26.0 Å². The van der Waals surface area contributed by atoms with Crippen LogP contribution < -0.4 is 9.47 Å². The van der Waals surface area contributed by atoms with Gasteiger partial charge in [0.05, 0.1) is 25.8 Å². The molecule has 0 unspecified atom stereocenters. The number of aliphatic imine (C=N–C) groups is 1. The van der Waals surface area contributed by atoms with Crippen LogP contribution in [0.25, 0.3) is 0 Å². The quantitative estimate of drug-likeness (QED) is 0.839. The Balaban J connectivity index is 1.98. The van der Waals surface area contributed by atoms with E-state index in [-0.39, 0.29) is 0 Å². The molecule has 1 aliphatic rings. The number of rotatable bonds is 3. The minimum absolute atomic E-state index is 0.614. The van der Waals surface area contributed by atoms with Crippen LogP contribution in [0.15, 0.2) is 46.3 Å². The fourth-order valence-electron chi connectivity index (χ4n) is 2.19. The van der Waals surface area contributed by atoms with E-state index in [9.17, 15) is 0 Å². The second-order valence-electron chi connectivity index (χ2n) is 4.52. The molecule has 0 aliphatic carbocycles. The molecular formula is C16H14ClNO2S. The molecule has 21 heavy (non-hydrogen) atoms. The highest BCUT2D eigenvalue weighted by Gasteiger charge is 2.19. The number of benzene rings is 2. The van der Waals surface area contributed by atoms with Crippen LogP contribution >= 0.6 is 23.4 Å². The molecule has 0 fully saturated rings. The van der Waals surface area contributed by atoms with Gasteiger partial charge < -0.3 is 9.47 Å². The van der Waals surface area contributed by atoms with Crippen molar-refractivity contribution in [3.05, 3.63) is 52.5 Å². The van der Waals surface area contributed by atoms with Crippen molar-refractivity contribution in [3.8, 4) is 11.5 Å². The number of hydrogen-bond acceptors (Lipinski definition) is 4. The topological polar surface area (TPSA) is 30.8 Å². The first-order valence-corrected chi connectivity index (χ1v) is 7.64. The lowest BCUT2D eigenvalue weighted by Gasteiger charge is -2.19. The lowest BCUT2D eigenvalue weighted by atomic mass is 10.2. The van der Waals surface area contributed by atoms with Gasteiger partial charge in [-0.1, -0.05) is 41.6 Å². The highest BCUT2D eigenvalue weighted by molar-refractivity contribution is 8.14. The average Bonchev–Trinajstić information content (AvgIpc) is 2.53. The Morgan fingerprint density at radius 2 is 1.81 bits per heavy atom. The standard InChI is InChI=1S/C16H14ClNO2S/c1-19-13-7-10-9-18-16(11-5-3-4-6-12(11)17)21-15(10)8-14(13)20-2/h3-8H,9H2,1-2H3. The van der Waals surface area contributed by atoms with Crippen LogP contribution in [-0.4, -0.2) is 19.3 Å². The van der Waals surface area contributed by atoms with E-state index in [4.69, 9.17) is 21.1 Å². The molecule has 0 saturated carbocycles. The summed E-state index contributed by atoms with van der Waals surface area (Å²) in [6.07, 6.45) is 0. The summed E-state index contributed by atoms with van der Waals surface area (Å²) >= 11 is 7.86. The minimum atomic E-state index is 0.614. The molecular weight excluding hydrogens is 306 g/mol. The highest BCUT2D eigenvalue weighted by atomic mass is 35.5. The Morgan fingerprint density at radius 1 is 1.10 bits per heavy atom. The Labute approximate surface area is 132 Å². The van der Waals surface area contributed by atoms with E-state index in [1.807, 2.05) is 36.4 Å². The first-order valence-electron chi connectivity index (χ1n) is 6.45. The zero-order valence-electron chi connectivity index (χ0n) is 11.7. The van der Waals surface area contributed by atoms with Crippen molar-refractivity contribution in [3.63, 3.8) is 0 Å². The second-order valence-corrected chi connectivity index (χ2v) is 5.96. The third-order valence-electron chi connectivity index (χ3n) is 3.27. The molecule has 0 bridgehead atoms. The van der Waals surface area contributed by atoms with Crippen LogP contribution in [0.3, 0.4) is 0 Å². The van der Waals surface area contributed by atoms with Crippen LogP contribution in [0.5, 0.6) is 11.5 Å². The third kappa shape index (κ3) is 2.74. The minimum Gasteiger partial charge on any atom is -0.493 e. The number of methoxy groups -OCH3 is 2. The number of fused-ring (bicyclic) bond motifs is 1. The van der Waals surface area contributed by atoms with Gasteiger partial charge in [-0.25, -0.2) is 0 Å². The maximum Gasteiger partial charge on any atom is 0.161 e. The van der Waals surface area contributed by atoms with Crippen molar-refractivity contribution >= 4 is 28.4 Å². The number of hydrogen-bond donors (Lipinski definition) is 0. The van der Waals surface area contributed by atoms with Crippen molar-refractivity contribution < 1.29 is 9.47 Å². The number of halogens is 1. The van der Waals surface area contributed by atoms with Gasteiger partial charge in [0, 0.05) is 10.5 Å². The van der Waals surface area contributed by atoms with Gasteiger partial charge in [-0.3, -0.25) is 4.99 Å². The zero-order chi connectivity index (χ0) is 14.8. The Bertz CT molecular complexity index is 715. The van der Waals surface area contributed by atoms with Crippen molar-refractivity contribution in [1.29, 1.82) is 0 Å². The van der Waals surface area contributed by atoms with E-state index in [0.29, 0.717) is 11.6 Å². The van der Waals surface area contributed by atoms with Gasteiger partial charge >= 0.3 is 0 Å². The molecule has 1 heterocycles.